The molecule has 0 saturated heterocycles. The molecule has 0 aliphatic rings. The largest absolute Gasteiger partial charge is 0.304 e. The van der Waals surface area contributed by atoms with E-state index in [1.165, 1.54) is 69.7 Å². The fourth-order valence-corrected chi connectivity index (χ4v) is 2.59. The maximum atomic E-state index is 3.48. The summed E-state index contributed by atoms with van der Waals surface area (Å²) in [4.78, 5) is 2.52. The Balaban J connectivity index is 3.21. The molecule has 0 heterocycles. The first-order valence-electron chi connectivity index (χ1n) is 7.48. The molecule has 0 radical (unpaired) electrons. The molecule has 0 aromatic rings. The van der Waals surface area contributed by atoms with Crippen LogP contribution in [0.3, 0.4) is 0 Å². The van der Waals surface area contributed by atoms with Crippen molar-refractivity contribution in [2.45, 2.75) is 77.7 Å². The second-order valence-electron chi connectivity index (χ2n) is 5.28. The van der Waals surface area contributed by atoms with E-state index in [-0.39, 0.29) is 0 Å². The topological polar surface area (TPSA) is 3.24 Å². The number of halogens is 1. The van der Waals surface area contributed by atoms with E-state index in [2.05, 4.69) is 41.7 Å². The molecule has 2 heteroatoms. The highest BCUT2D eigenvalue weighted by molar-refractivity contribution is 9.09. The SMILES string of the molecule is CCCC(C)N(C)CCCCCCCCCBr. The van der Waals surface area contributed by atoms with Crippen molar-refractivity contribution in [1.82, 2.24) is 4.90 Å². The molecule has 17 heavy (non-hydrogen) atoms. The summed E-state index contributed by atoms with van der Waals surface area (Å²) >= 11 is 3.48. The van der Waals surface area contributed by atoms with E-state index in [0.717, 1.165) is 6.04 Å². The highest BCUT2D eigenvalue weighted by Gasteiger charge is 2.06. The summed E-state index contributed by atoms with van der Waals surface area (Å²) < 4.78 is 0. The predicted molar refractivity (Wildman–Crippen MR) is 83.1 cm³/mol. The number of rotatable bonds is 12. The van der Waals surface area contributed by atoms with Crippen molar-refractivity contribution in [3.05, 3.63) is 0 Å². The summed E-state index contributed by atoms with van der Waals surface area (Å²) in [5, 5.41) is 1.17. The highest BCUT2D eigenvalue weighted by atomic mass is 79.9. The number of hydrogen-bond donors (Lipinski definition) is 0. The maximum Gasteiger partial charge on any atom is 0.00637 e. The summed E-state index contributed by atoms with van der Waals surface area (Å²) in [6.07, 6.45) is 12.5. The lowest BCUT2D eigenvalue weighted by Gasteiger charge is -2.24. The predicted octanol–water partition coefficient (Wildman–Crippen LogP) is 5.23. The van der Waals surface area contributed by atoms with Crippen LogP contribution in [0.2, 0.25) is 0 Å². The standard InChI is InChI=1S/C15H32BrN/c1-4-12-15(2)17(3)14-11-9-7-5-6-8-10-13-16/h15H,4-14H2,1-3H3. The van der Waals surface area contributed by atoms with Crippen LogP contribution in [0.15, 0.2) is 0 Å². The van der Waals surface area contributed by atoms with Crippen LogP contribution >= 0.6 is 15.9 Å². The summed E-state index contributed by atoms with van der Waals surface area (Å²) in [6.45, 7) is 5.91. The molecule has 0 aromatic carbocycles. The summed E-state index contributed by atoms with van der Waals surface area (Å²) in [5.41, 5.74) is 0. The van der Waals surface area contributed by atoms with Gasteiger partial charge in [-0.05, 0) is 39.8 Å². The van der Waals surface area contributed by atoms with Crippen molar-refractivity contribution in [3.8, 4) is 0 Å². The number of unbranched alkanes of at least 4 members (excludes halogenated alkanes) is 6. The molecule has 0 aliphatic carbocycles. The zero-order valence-corrected chi connectivity index (χ0v) is 13.8. The molecule has 0 aliphatic heterocycles. The molecule has 0 saturated carbocycles. The van der Waals surface area contributed by atoms with E-state index in [9.17, 15) is 0 Å². The van der Waals surface area contributed by atoms with Crippen LogP contribution in [-0.2, 0) is 0 Å². The first-order valence-corrected chi connectivity index (χ1v) is 8.60. The van der Waals surface area contributed by atoms with Gasteiger partial charge in [-0.15, -0.1) is 0 Å². The number of hydrogen-bond acceptors (Lipinski definition) is 1. The van der Waals surface area contributed by atoms with Gasteiger partial charge < -0.3 is 4.90 Å². The quantitative estimate of drug-likeness (QED) is 0.352. The van der Waals surface area contributed by atoms with Crippen LogP contribution in [0.25, 0.3) is 0 Å². The van der Waals surface area contributed by atoms with Crippen molar-refractivity contribution >= 4 is 15.9 Å². The van der Waals surface area contributed by atoms with E-state index in [4.69, 9.17) is 0 Å². The van der Waals surface area contributed by atoms with E-state index in [1.54, 1.807) is 0 Å². The first-order chi connectivity index (χ1) is 8.22. The Morgan fingerprint density at radius 3 is 2.00 bits per heavy atom. The monoisotopic (exact) mass is 305 g/mol. The van der Waals surface area contributed by atoms with Gasteiger partial charge in [-0.1, -0.05) is 61.4 Å². The Morgan fingerprint density at radius 2 is 1.47 bits per heavy atom. The summed E-state index contributed by atoms with van der Waals surface area (Å²) in [6, 6.07) is 0.763. The smallest absolute Gasteiger partial charge is 0.00637 e. The molecule has 0 spiro atoms. The van der Waals surface area contributed by atoms with Crippen molar-refractivity contribution in [2.24, 2.45) is 0 Å². The Morgan fingerprint density at radius 1 is 0.941 bits per heavy atom. The van der Waals surface area contributed by atoms with Gasteiger partial charge in [0.25, 0.3) is 0 Å². The first kappa shape index (κ1) is 17.4. The molecule has 0 amide bonds. The van der Waals surface area contributed by atoms with Crippen molar-refractivity contribution in [1.29, 1.82) is 0 Å². The van der Waals surface area contributed by atoms with Crippen LogP contribution in [0.1, 0.15) is 71.6 Å². The van der Waals surface area contributed by atoms with Crippen LogP contribution in [0.5, 0.6) is 0 Å². The second kappa shape index (κ2) is 12.9. The van der Waals surface area contributed by atoms with Gasteiger partial charge in [0.15, 0.2) is 0 Å². The molecule has 0 rings (SSSR count). The Bertz CT molecular complexity index is 150. The van der Waals surface area contributed by atoms with Gasteiger partial charge in [-0.3, -0.25) is 0 Å². The molecule has 104 valence electrons. The average Bonchev–Trinajstić information content (AvgIpc) is 2.32. The van der Waals surface area contributed by atoms with Crippen molar-refractivity contribution < 1.29 is 0 Å². The Labute approximate surface area is 117 Å². The minimum absolute atomic E-state index is 0.763. The van der Waals surface area contributed by atoms with E-state index >= 15 is 0 Å². The fourth-order valence-electron chi connectivity index (χ4n) is 2.20. The fraction of sp³-hybridized carbons (Fsp3) is 1.00. The van der Waals surface area contributed by atoms with Gasteiger partial charge in [0.05, 0.1) is 0 Å². The Hall–Kier alpha value is 0.440. The van der Waals surface area contributed by atoms with Gasteiger partial charge in [-0.2, -0.15) is 0 Å². The van der Waals surface area contributed by atoms with Crippen molar-refractivity contribution in [2.75, 3.05) is 18.9 Å². The van der Waals surface area contributed by atoms with E-state index in [0.29, 0.717) is 0 Å². The zero-order valence-electron chi connectivity index (χ0n) is 12.2. The highest BCUT2D eigenvalue weighted by Crippen LogP contribution is 2.10. The average molecular weight is 306 g/mol. The van der Waals surface area contributed by atoms with E-state index in [1.807, 2.05) is 0 Å². The molecule has 1 atom stereocenters. The third-order valence-electron chi connectivity index (χ3n) is 3.60. The number of nitrogens with zero attached hydrogens (tertiary/aromatic N) is 1. The summed E-state index contributed by atoms with van der Waals surface area (Å²) in [7, 11) is 2.27. The molecular weight excluding hydrogens is 274 g/mol. The number of alkyl halides is 1. The van der Waals surface area contributed by atoms with Crippen molar-refractivity contribution in [3.63, 3.8) is 0 Å². The second-order valence-corrected chi connectivity index (χ2v) is 6.08. The lowest BCUT2D eigenvalue weighted by atomic mass is 10.1. The zero-order chi connectivity index (χ0) is 12.9. The van der Waals surface area contributed by atoms with Crippen LogP contribution < -0.4 is 0 Å². The third-order valence-corrected chi connectivity index (χ3v) is 4.16. The minimum atomic E-state index is 0.763. The van der Waals surface area contributed by atoms with Gasteiger partial charge >= 0.3 is 0 Å². The molecule has 0 fully saturated rings. The normalized spacial score (nSPS) is 13.2. The van der Waals surface area contributed by atoms with Crippen LogP contribution in [0.4, 0.5) is 0 Å². The molecule has 0 bridgehead atoms. The third kappa shape index (κ3) is 11.3. The molecule has 1 nitrogen and oxygen atoms in total. The van der Waals surface area contributed by atoms with Gasteiger partial charge in [0.2, 0.25) is 0 Å². The van der Waals surface area contributed by atoms with Gasteiger partial charge in [0.1, 0.15) is 0 Å². The van der Waals surface area contributed by atoms with Crippen LogP contribution in [0, 0.1) is 0 Å². The Kier molecular flexibility index (Phi) is 13.2. The van der Waals surface area contributed by atoms with Crippen LogP contribution in [-0.4, -0.2) is 29.9 Å². The molecular formula is C15H32BrN. The minimum Gasteiger partial charge on any atom is -0.304 e. The van der Waals surface area contributed by atoms with Gasteiger partial charge in [-0.25, -0.2) is 0 Å². The van der Waals surface area contributed by atoms with E-state index < -0.39 is 0 Å². The lowest BCUT2D eigenvalue weighted by Crippen LogP contribution is -2.29. The molecule has 1 unspecified atom stereocenters. The molecule has 0 aromatic heterocycles. The lowest BCUT2D eigenvalue weighted by molar-refractivity contribution is 0.239. The maximum absolute atomic E-state index is 3.48. The summed E-state index contributed by atoms with van der Waals surface area (Å²) in [5.74, 6) is 0. The van der Waals surface area contributed by atoms with Gasteiger partial charge in [0, 0.05) is 11.4 Å². The molecule has 0 N–H and O–H groups in total.